The van der Waals surface area contributed by atoms with E-state index >= 15 is 0 Å². The molecule has 6 heteroatoms. The minimum Gasteiger partial charge on any atom is -0.271 e. The molecule has 0 radical (unpaired) electrons. The van der Waals surface area contributed by atoms with Crippen molar-refractivity contribution in [3.63, 3.8) is 0 Å². The smallest absolute Gasteiger partial charge is 0.142 e. The summed E-state index contributed by atoms with van der Waals surface area (Å²) in [6.45, 7) is 0. The number of hydrogen-bond acceptors (Lipinski definition) is 3. The van der Waals surface area contributed by atoms with Crippen molar-refractivity contribution in [3.8, 4) is 0 Å². The number of benzene rings is 1. The van der Waals surface area contributed by atoms with Crippen molar-refractivity contribution in [2.24, 2.45) is 5.84 Å². The Hall–Kier alpha value is -1.01. The number of hydrogen-bond donors (Lipinski definition) is 2. The average Bonchev–Trinajstić information content (AvgIpc) is 2.42. The molecule has 0 amide bonds. The normalized spacial score (nSPS) is 12.4. The molecule has 0 aliphatic heterocycles. The molecule has 1 heterocycles. The van der Waals surface area contributed by atoms with E-state index in [1.807, 2.05) is 12.1 Å². The Morgan fingerprint density at radius 1 is 1.37 bits per heavy atom. The highest BCUT2D eigenvalue weighted by molar-refractivity contribution is 9.10. The second kappa shape index (κ2) is 6.43. The molecule has 0 aliphatic rings. The van der Waals surface area contributed by atoms with Crippen LogP contribution in [0.4, 0.5) is 4.39 Å². The van der Waals surface area contributed by atoms with Gasteiger partial charge in [0.15, 0.2) is 0 Å². The van der Waals surface area contributed by atoms with Crippen LogP contribution in [0.1, 0.15) is 17.3 Å². The summed E-state index contributed by atoms with van der Waals surface area (Å²) in [5, 5.41) is 0.125. The summed E-state index contributed by atoms with van der Waals surface area (Å²) in [6, 6.07) is 8.22. The number of aromatic nitrogens is 1. The van der Waals surface area contributed by atoms with Crippen LogP contribution in [0.25, 0.3) is 0 Å². The van der Waals surface area contributed by atoms with Crippen molar-refractivity contribution >= 4 is 27.5 Å². The molecule has 1 unspecified atom stereocenters. The van der Waals surface area contributed by atoms with Crippen LogP contribution in [0.2, 0.25) is 5.02 Å². The van der Waals surface area contributed by atoms with Crippen LogP contribution in [0.3, 0.4) is 0 Å². The van der Waals surface area contributed by atoms with Crippen LogP contribution < -0.4 is 11.3 Å². The number of pyridine rings is 1. The molecule has 0 spiro atoms. The third kappa shape index (κ3) is 3.51. The fraction of sp³-hybridized carbons (Fsp3) is 0.154. The third-order valence-electron chi connectivity index (χ3n) is 2.76. The van der Waals surface area contributed by atoms with E-state index in [4.69, 9.17) is 17.4 Å². The summed E-state index contributed by atoms with van der Waals surface area (Å²) < 4.78 is 14.3. The number of nitrogens with zero attached hydrogens (tertiary/aromatic N) is 1. The molecule has 19 heavy (non-hydrogen) atoms. The summed E-state index contributed by atoms with van der Waals surface area (Å²) in [5.74, 6) is 5.11. The van der Waals surface area contributed by atoms with E-state index in [9.17, 15) is 4.39 Å². The molecule has 1 atom stereocenters. The van der Waals surface area contributed by atoms with E-state index in [-0.39, 0.29) is 11.1 Å². The number of nitrogens with one attached hydrogen (secondary N) is 1. The van der Waals surface area contributed by atoms with E-state index in [1.165, 1.54) is 6.07 Å². The monoisotopic (exact) mass is 343 g/mol. The quantitative estimate of drug-likeness (QED) is 0.660. The van der Waals surface area contributed by atoms with Gasteiger partial charge in [-0.2, -0.15) is 0 Å². The van der Waals surface area contributed by atoms with Gasteiger partial charge < -0.3 is 0 Å². The highest BCUT2D eigenvalue weighted by Gasteiger charge is 2.15. The molecular formula is C13H12BrClFN3. The van der Waals surface area contributed by atoms with Gasteiger partial charge in [-0.15, -0.1) is 0 Å². The fourth-order valence-corrected chi connectivity index (χ4v) is 2.21. The van der Waals surface area contributed by atoms with Crippen molar-refractivity contribution < 1.29 is 4.39 Å². The number of rotatable bonds is 4. The van der Waals surface area contributed by atoms with E-state index in [1.54, 1.807) is 18.3 Å². The van der Waals surface area contributed by atoms with Crippen molar-refractivity contribution in [2.75, 3.05) is 0 Å². The number of halogens is 3. The minimum atomic E-state index is -0.432. The summed E-state index contributed by atoms with van der Waals surface area (Å²) in [7, 11) is 0. The van der Waals surface area contributed by atoms with Crippen molar-refractivity contribution in [2.45, 2.75) is 12.5 Å². The van der Waals surface area contributed by atoms with Crippen LogP contribution in [0.5, 0.6) is 0 Å². The zero-order valence-electron chi connectivity index (χ0n) is 9.91. The van der Waals surface area contributed by atoms with Gasteiger partial charge in [0.25, 0.3) is 0 Å². The van der Waals surface area contributed by atoms with Crippen LogP contribution in [-0.4, -0.2) is 4.98 Å². The largest absolute Gasteiger partial charge is 0.271 e. The predicted molar refractivity (Wildman–Crippen MR) is 77.1 cm³/mol. The standard InChI is InChI=1S/C13H12BrClFN3/c14-9-4-5-11(18-7-9)12(19-17)6-8-2-1-3-10(16)13(8)15/h1-5,7,12,19H,6,17H2. The van der Waals surface area contributed by atoms with E-state index in [0.29, 0.717) is 12.0 Å². The first-order valence-electron chi connectivity index (χ1n) is 5.62. The minimum absolute atomic E-state index is 0.125. The first-order valence-corrected chi connectivity index (χ1v) is 6.79. The lowest BCUT2D eigenvalue weighted by Gasteiger charge is -2.16. The highest BCUT2D eigenvalue weighted by Crippen LogP contribution is 2.25. The van der Waals surface area contributed by atoms with Crippen LogP contribution >= 0.6 is 27.5 Å². The van der Waals surface area contributed by atoms with E-state index in [0.717, 1.165) is 10.2 Å². The molecule has 0 saturated carbocycles. The second-order valence-electron chi connectivity index (χ2n) is 4.04. The molecular weight excluding hydrogens is 333 g/mol. The first kappa shape index (κ1) is 14.4. The van der Waals surface area contributed by atoms with Gasteiger partial charge in [-0.05, 0) is 46.1 Å². The Bertz CT molecular complexity index is 562. The molecule has 1 aromatic carbocycles. The zero-order chi connectivity index (χ0) is 13.8. The highest BCUT2D eigenvalue weighted by atomic mass is 79.9. The van der Waals surface area contributed by atoms with Gasteiger partial charge in [0, 0.05) is 10.7 Å². The summed E-state index contributed by atoms with van der Waals surface area (Å²) in [4.78, 5) is 4.27. The Morgan fingerprint density at radius 3 is 2.79 bits per heavy atom. The average molecular weight is 345 g/mol. The lowest BCUT2D eigenvalue weighted by Crippen LogP contribution is -2.30. The SMILES string of the molecule is NNC(Cc1cccc(F)c1Cl)c1ccc(Br)cn1. The van der Waals surface area contributed by atoms with Crippen molar-refractivity contribution in [3.05, 3.63) is 63.1 Å². The second-order valence-corrected chi connectivity index (χ2v) is 5.33. The summed E-state index contributed by atoms with van der Waals surface area (Å²) in [6.07, 6.45) is 2.15. The molecule has 0 bridgehead atoms. The Morgan fingerprint density at radius 2 is 2.16 bits per heavy atom. The van der Waals surface area contributed by atoms with Crippen molar-refractivity contribution in [1.29, 1.82) is 0 Å². The Kier molecular flexibility index (Phi) is 4.87. The van der Waals surface area contributed by atoms with Crippen LogP contribution in [0, 0.1) is 5.82 Å². The van der Waals surface area contributed by atoms with Crippen molar-refractivity contribution in [1.82, 2.24) is 10.4 Å². The topological polar surface area (TPSA) is 50.9 Å². The molecule has 0 fully saturated rings. The molecule has 0 saturated heterocycles. The van der Waals surface area contributed by atoms with Gasteiger partial charge in [-0.25, -0.2) is 4.39 Å². The first-order chi connectivity index (χ1) is 9.11. The molecule has 3 nitrogen and oxygen atoms in total. The summed E-state index contributed by atoms with van der Waals surface area (Å²) in [5.41, 5.74) is 4.13. The number of hydrazine groups is 1. The molecule has 1 aromatic heterocycles. The van der Waals surface area contributed by atoms with Gasteiger partial charge >= 0.3 is 0 Å². The lowest BCUT2D eigenvalue weighted by atomic mass is 10.0. The van der Waals surface area contributed by atoms with Gasteiger partial charge in [-0.1, -0.05) is 23.7 Å². The molecule has 0 aliphatic carbocycles. The van der Waals surface area contributed by atoms with Gasteiger partial charge in [0.1, 0.15) is 5.82 Å². The van der Waals surface area contributed by atoms with Gasteiger partial charge in [0.05, 0.1) is 16.8 Å². The van der Waals surface area contributed by atoms with Gasteiger partial charge in [-0.3, -0.25) is 16.3 Å². The van der Waals surface area contributed by atoms with Gasteiger partial charge in [0.2, 0.25) is 0 Å². The van der Waals surface area contributed by atoms with Crippen LogP contribution in [-0.2, 0) is 6.42 Å². The predicted octanol–water partition coefficient (Wildman–Crippen LogP) is 3.38. The van der Waals surface area contributed by atoms with E-state index < -0.39 is 5.82 Å². The molecule has 3 N–H and O–H groups in total. The molecule has 2 rings (SSSR count). The Labute approximate surface area is 124 Å². The van der Waals surface area contributed by atoms with E-state index in [2.05, 4.69) is 26.3 Å². The fourth-order valence-electron chi connectivity index (χ4n) is 1.77. The third-order valence-corrected chi connectivity index (χ3v) is 3.66. The van der Waals surface area contributed by atoms with Crippen LogP contribution in [0.15, 0.2) is 41.0 Å². The summed E-state index contributed by atoms with van der Waals surface area (Å²) >= 11 is 9.26. The maximum atomic E-state index is 13.4. The maximum absolute atomic E-state index is 13.4. The molecule has 100 valence electrons. The zero-order valence-corrected chi connectivity index (χ0v) is 12.2. The number of nitrogens with two attached hydrogens (primary N) is 1. The maximum Gasteiger partial charge on any atom is 0.142 e. The molecule has 2 aromatic rings. The lowest BCUT2D eigenvalue weighted by molar-refractivity contribution is 0.535. The Balaban J connectivity index is 2.24.